The van der Waals surface area contributed by atoms with E-state index in [-0.39, 0.29) is 11.1 Å². The summed E-state index contributed by atoms with van der Waals surface area (Å²) in [6, 6.07) is 2.46. The quantitative estimate of drug-likeness (QED) is 0.593. The predicted octanol–water partition coefficient (Wildman–Crippen LogP) is 1.27. The molecule has 5 nitrogen and oxygen atoms in total. The molecule has 0 heterocycles. The highest BCUT2D eigenvalue weighted by atomic mass is 16.4. The van der Waals surface area contributed by atoms with Gasteiger partial charge in [-0.3, -0.25) is 4.79 Å². The molecule has 0 unspecified atom stereocenters. The molecule has 0 aliphatic heterocycles. The van der Waals surface area contributed by atoms with E-state index in [1.54, 1.807) is 13.8 Å². The largest absolute Gasteiger partial charge is 0.478 e. The van der Waals surface area contributed by atoms with Crippen LogP contribution >= 0.6 is 0 Å². The van der Waals surface area contributed by atoms with Crippen molar-refractivity contribution in [3.05, 3.63) is 34.4 Å². The first-order chi connectivity index (χ1) is 7.34. The third-order valence-corrected chi connectivity index (χ3v) is 2.35. The Balaban J connectivity index is 3.40. The summed E-state index contributed by atoms with van der Waals surface area (Å²) >= 11 is 0. The number of Topliss-reactive ketones (excluding diaryl/α,β-unsaturated/α-hetero) is 1. The van der Waals surface area contributed by atoms with Gasteiger partial charge < -0.3 is 10.2 Å². The Labute approximate surface area is 91.3 Å². The average molecular weight is 222 g/mol. The minimum Gasteiger partial charge on any atom is -0.478 e. The molecular formula is C11H10O5. The number of benzene rings is 1. The lowest BCUT2D eigenvalue weighted by Gasteiger charge is -2.06. The van der Waals surface area contributed by atoms with Crippen LogP contribution in [-0.2, 0) is 4.79 Å². The second-order valence-electron chi connectivity index (χ2n) is 3.41. The lowest BCUT2D eigenvalue weighted by atomic mass is 9.98. The molecule has 16 heavy (non-hydrogen) atoms. The Morgan fingerprint density at radius 3 is 2.06 bits per heavy atom. The van der Waals surface area contributed by atoms with E-state index in [2.05, 4.69) is 0 Å². The molecule has 0 radical (unpaired) electrons. The van der Waals surface area contributed by atoms with Gasteiger partial charge in [-0.2, -0.15) is 0 Å². The maximum Gasteiger partial charge on any atom is 0.377 e. The number of ketones is 1. The second kappa shape index (κ2) is 4.14. The number of carbonyl (C=O) groups excluding carboxylic acids is 1. The van der Waals surface area contributed by atoms with Gasteiger partial charge in [-0.05, 0) is 37.1 Å². The van der Waals surface area contributed by atoms with Gasteiger partial charge >= 0.3 is 11.9 Å². The number of carboxylic acids is 2. The highest BCUT2D eigenvalue weighted by Crippen LogP contribution is 2.17. The summed E-state index contributed by atoms with van der Waals surface area (Å²) in [5, 5.41) is 17.4. The van der Waals surface area contributed by atoms with Crippen LogP contribution in [0.1, 0.15) is 31.8 Å². The number of carbonyl (C=O) groups is 3. The van der Waals surface area contributed by atoms with Gasteiger partial charge in [-0.1, -0.05) is 0 Å². The van der Waals surface area contributed by atoms with Gasteiger partial charge in [0.25, 0.3) is 5.78 Å². The van der Waals surface area contributed by atoms with Crippen LogP contribution in [0.3, 0.4) is 0 Å². The van der Waals surface area contributed by atoms with E-state index in [9.17, 15) is 14.4 Å². The zero-order valence-electron chi connectivity index (χ0n) is 8.77. The van der Waals surface area contributed by atoms with Gasteiger partial charge in [0.15, 0.2) is 0 Å². The van der Waals surface area contributed by atoms with Crippen LogP contribution in [0.4, 0.5) is 0 Å². The third-order valence-electron chi connectivity index (χ3n) is 2.35. The van der Waals surface area contributed by atoms with Gasteiger partial charge in [0.05, 0.1) is 5.56 Å². The molecular weight excluding hydrogens is 212 g/mol. The van der Waals surface area contributed by atoms with Gasteiger partial charge in [0.2, 0.25) is 0 Å². The summed E-state index contributed by atoms with van der Waals surface area (Å²) in [4.78, 5) is 32.5. The molecule has 1 aromatic carbocycles. The second-order valence-corrected chi connectivity index (χ2v) is 3.41. The monoisotopic (exact) mass is 222 g/mol. The first-order valence-corrected chi connectivity index (χ1v) is 4.46. The first kappa shape index (κ1) is 11.9. The zero-order valence-corrected chi connectivity index (χ0v) is 8.77. The molecule has 0 aromatic heterocycles. The number of hydrogen-bond acceptors (Lipinski definition) is 3. The smallest absolute Gasteiger partial charge is 0.377 e. The lowest BCUT2D eigenvalue weighted by molar-refractivity contribution is -0.131. The van der Waals surface area contributed by atoms with Gasteiger partial charge in [0.1, 0.15) is 0 Å². The van der Waals surface area contributed by atoms with Crippen molar-refractivity contribution < 1.29 is 24.6 Å². The number of aliphatic carboxylic acids is 1. The van der Waals surface area contributed by atoms with Crippen molar-refractivity contribution in [2.45, 2.75) is 13.8 Å². The molecule has 0 fully saturated rings. The Morgan fingerprint density at radius 2 is 1.62 bits per heavy atom. The highest BCUT2D eigenvalue weighted by molar-refractivity contribution is 6.40. The lowest BCUT2D eigenvalue weighted by Crippen LogP contribution is -2.14. The molecule has 0 saturated carbocycles. The molecule has 5 heteroatoms. The number of hydrogen-bond donors (Lipinski definition) is 2. The van der Waals surface area contributed by atoms with Crippen LogP contribution in [0.15, 0.2) is 12.1 Å². The highest BCUT2D eigenvalue weighted by Gasteiger charge is 2.19. The molecule has 1 rings (SSSR count). The summed E-state index contributed by atoms with van der Waals surface area (Å²) in [6.45, 7) is 3.23. The van der Waals surface area contributed by atoms with Crippen LogP contribution < -0.4 is 0 Å². The third kappa shape index (κ3) is 2.08. The number of aryl methyl sites for hydroxylation is 1. The van der Waals surface area contributed by atoms with Crippen molar-refractivity contribution >= 4 is 17.7 Å². The van der Waals surface area contributed by atoms with E-state index >= 15 is 0 Å². The predicted molar refractivity (Wildman–Crippen MR) is 54.8 cm³/mol. The SMILES string of the molecule is Cc1cc(C(=O)C(=O)O)cc(C(=O)O)c1C. The van der Waals surface area contributed by atoms with E-state index in [1.165, 1.54) is 6.07 Å². The van der Waals surface area contributed by atoms with Crippen molar-refractivity contribution in [2.75, 3.05) is 0 Å². The van der Waals surface area contributed by atoms with Crippen molar-refractivity contribution in [3.8, 4) is 0 Å². The minimum atomic E-state index is -1.60. The molecule has 84 valence electrons. The Bertz CT molecular complexity index is 487. The molecule has 0 spiro atoms. The molecule has 0 aliphatic carbocycles. The summed E-state index contributed by atoms with van der Waals surface area (Å²) in [7, 11) is 0. The molecule has 2 N–H and O–H groups in total. The Morgan fingerprint density at radius 1 is 1.06 bits per heavy atom. The number of aromatic carboxylic acids is 1. The topological polar surface area (TPSA) is 91.7 Å². The Kier molecular flexibility index (Phi) is 3.08. The maximum absolute atomic E-state index is 11.2. The molecule has 0 saturated heterocycles. The van der Waals surface area contributed by atoms with E-state index in [0.29, 0.717) is 11.1 Å². The van der Waals surface area contributed by atoms with E-state index < -0.39 is 17.7 Å². The van der Waals surface area contributed by atoms with E-state index in [1.807, 2.05) is 0 Å². The molecule has 0 atom stereocenters. The molecule has 0 bridgehead atoms. The fourth-order valence-electron chi connectivity index (χ4n) is 1.34. The van der Waals surface area contributed by atoms with E-state index in [4.69, 9.17) is 10.2 Å². The van der Waals surface area contributed by atoms with Crippen LogP contribution in [0.5, 0.6) is 0 Å². The van der Waals surface area contributed by atoms with Crippen LogP contribution in [0.25, 0.3) is 0 Å². The van der Waals surface area contributed by atoms with Crippen molar-refractivity contribution in [2.24, 2.45) is 0 Å². The van der Waals surface area contributed by atoms with Gasteiger partial charge in [-0.15, -0.1) is 0 Å². The van der Waals surface area contributed by atoms with Crippen LogP contribution in [-0.4, -0.2) is 27.9 Å². The average Bonchev–Trinajstić information content (AvgIpc) is 2.20. The fraction of sp³-hybridized carbons (Fsp3) is 0.182. The fourth-order valence-corrected chi connectivity index (χ4v) is 1.34. The number of carboxylic acid groups (broad SMARTS) is 2. The maximum atomic E-state index is 11.2. The van der Waals surface area contributed by atoms with E-state index in [0.717, 1.165) is 6.07 Å². The summed E-state index contributed by atoms with van der Waals surface area (Å²) in [5.74, 6) is -3.88. The molecule has 0 aliphatic rings. The van der Waals surface area contributed by atoms with Crippen molar-refractivity contribution in [1.82, 2.24) is 0 Å². The molecule has 0 amide bonds. The number of rotatable bonds is 3. The molecule has 1 aromatic rings. The summed E-state index contributed by atoms with van der Waals surface area (Å²) in [5.41, 5.74) is 0.927. The standard InChI is InChI=1S/C11H10O5/c1-5-3-7(9(12)11(15)16)4-8(6(5)2)10(13)14/h3-4H,1-2H3,(H,13,14)(H,15,16). The van der Waals surface area contributed by atoms with Crippen LogP contribution in [0, 0.1) is 13.8 Å². The Hall–Kier alpha value is -2.17. The van der Waals surface area contributed by atoms with Gasteiger partial charge in [-0.25, -0.2) is 9.59 Å². The van der Waals surface area contributed by atoms with Gasteiger partial charge in [0, 0.05) is 5.56 Å². The normalized spacial score (nSPS) is 9.88. The summed E-state index contributed by atoms with van der Waals surface area (Å²) < 4.78 is 0. The summed E-state index contributed by atoms with van der Waals surface area (Å²) in [6.07, 6.45) is 0. The zero-order chi connectivity index (χ0) is 12.5. The van der Waals surface area contributed by atoms with Crippen molar-refractivity contribution in [3.63, 3.8) is 0 Å². The first-order valence-electron chi connectivity index (χ1n) is 4.46. The van der Waals surface area contributed by atoms with Crippen molar-refractivity contribution in [1.29, 1.82) is 0 Å². The minimum absolute atomic E-state index is 0.0513. The van der Waals surface area contributed by atoms with Crippen LogP contribution in [0.2, 0.25) is 0 Å².